The van der Waals surface area contributed by atoms with Gasteiger partial charge in [-0.1, -0.05) is 20.8 Å². The number of amides is 1. The van der Waals surface area contributed by atoms with E-state index in [0.29, 0.717) is 30.2 Å². The molecule has 1 amide bonds. The fourth-order valence-corrected chi connectivity index (χ4v) is 4.14. The Morgan fingerprint density at radius 1 is 1.25 bits per heavy atom. The lowest BCUT2D eigenvalue weighted by Crippen LogP contribution is -2.37. The van der Waals surface area contributed by atoms with Gasteiger partial charge in [-0.3, -0.25) is 14.5 Å². The zero-order valence-corrected chi connectivity index (χ0v) is 19.6. The second-order valence-electron chi connectivity index (χ2n) is 9.72. The van der Waals surface area contributed by atoms with E-state index in [9.17, 15) is 18.4 Å². The topological polar surface area (TPSA) is 67.2 Å². The maximum absolute atomic E-state index is 14.0. The van der Waals surface area contributed by atoms with Crippen LogP contribution in [-0.2, 0) is 17.9 Å². The lowest BCUT2D eigenvalue weighted by atomic mass is 9.77. The number of nitrogens with zero attached hydrogens (tertiary/aromatic N) is 3. The van der Waals surface area contributed by atoms with Crippen LogP contribution in [0.5, 0.6) is 0 Å². The van der Waals surface area contributed by atoms with Gasteiger partial charge in [0.05, 0.1) is 11.6 Å². The van der Waals surface area contributed by atoms with Gasteiger partial charge in [0.25, 0.3) is 0 Å². The molecule has 0 saturated carbocycles. The van der Waals surface area contributed by atoms with Gasteiger partial charge in [-0.2, -0.15) is 0 Å². The lowest BCUT2D eigenvalue weighted by molar-refractivity contribution is -0.127. The zero-order chi connectivity index (χ0) is 23.8. The molecule has 0 spiro atoms. The SMILES string of the molecule is CNC(=O)[C@@H](CC(=O)c1nc(-c2ccc(F)c(F)c2)n2c1CN(C)C(C)CC2)C(C)(C)C. The predicted molar refractivity (Wildman–Crippen MR) is 119 cm³/mol. The van der Waals surface area contributed by atoms with Crippen molar-refractivity contribution in [2.75, 3.05) is 14.1 Å². The van der Waals surface area contributed by atoms with Crippen LogP contribution in [0.15, 0.2) is 18.2 Å². The molecule has 0 bridgehead atoms. The number of rotatable bonds is 5. The number of benzene rings is 1. The third kappa shape index (κ3) is 4.75. The first-order chi connectivity index (χ1) is 14.9. The molecule has 3 rings (SSSR count). The summed E-state index contributed by atoms with van der Waals surface area (Å²) in [6.45, 7) is 8.99. The number of aromatic nitrogens is 2. The van der Waals surface area contributed by atoms with E-state index in [1.165, 1.54) is 6.07 Å². The number of hydrogen-bond donors (Lipinski definition) is 1. The molecule has 0 radical (unpaired) electrons. The van der Waals surface area contributed by atoms with E-state index in [2.05, 4.69) is 22.1 Å². The third-order valence-corrected chi connectivity index (χ3v) is 6.43. The molecule has 1 unspecified atom stereocenters. The van der Waals surface area contributed by atoms with Gasteiger partial charge < -0.3 is 9.88 Å². The minimum Gasteiger partial charge on any atom is -0.359 e. The highest BCUT2D eigenvalue weighted by Crippen LogP contribution is 2.33. The number of ketones is 1. The quantitative estimate of drug-likeness (QED) is 0.704. The van der Waals surface area contributed by atoms with Crippen LogP contribution in [-0.4, -0.2) is 46.3 Å². The van der Waals surface area contributed by atoms with Crippen LogP contribution >= 0.6 is 0 Å². The highest BCUT2D eigenvalue weighted by atomic mass is 19.2. The molecule has 1 N–H and O–H groups in total. The Morgan fingerprint density at radius 2 is 1.94 bits per heavy atom. The average molecular weight is 447 g/mol. The molecule has 2 atom stereocenters. The smallest absolute Gasteiger partial charge is 0.223 e. The summed E-state index contributed by atoms with van der Waals surface area (Å²) in [6, 6.07) is 3.94. The summed E-state index contributed by atoms with van der Waals surface area (Å²) in [5.41, 5.74) is 1.04. The van der Waals surface area contributed by atoms with Crippen molar-refractivity contribution in [2.24, 2.45) is 11.3 Å². The van der Waals surface area contributed by atoms with Crippen molar-refractivity contribution in [3.63, 3.8) is 0 Å². The van der Waals surface area contributed by atoms with Gasteiger partial charge in [-0.15, -0.1) is 0 Å². The summed E-state index contributed by atoms with van der Waals surface area (Å²) < 4.78 is 29.4. The van der Waals surface area contributed by atoms with E-state index in [-0.39, 0.29) is 24.2 Å². The summed E-state index contributed by atoms with van der Waals surface area (Å²) >= 11 is 0. The molecule has 0 aliphatic carbocycles. The molecule has 2 aromatic rings. The van der Waals surface area contributed by atoms with Crippen molar-refractivity contribution < 1.29 is 18.4 Å². The monoisotopic (exact) mass is 446 g/mol. The van der Waals surface area contributed by atoms with Crippen molar-refractivity contribution in [2.45, 2.75) is 59.7 Å². The van der Waals surface area contributed by atoms with Crippen LogP contribution in [0.25, 0.3) is 11.4 Å². The Labute approximate surface area is 188 Å². The number of hydrogen-bond acceptors (Lipinski definition) is 4. The number of imidazole rings is 1. The van der Waals surface area contributed by atoms with Gasteiger partial charge in [0, 0.05) is 38.2 Å². The highest BCUT2D eigenvalue weighted by molar-refractivity contribution is 5.98. The van der Waals surface area contributed by atoms with E-state index in [0.717, 1.165) is 24.2 Å². The Balaban J connectivity index is 2.09. The summed E-state index contributed by atoms with van der Waals surface area (Å²) in [7, 11) is 3.55. The average Bonchev–Trinajstić information content (AvgIpc) is 3.01. The molecule has 6 nitrogen and oxygen atoms in total. The van der Waals surface area contributed by atoms with Gasteiger partial charge in [-0.05, 0) is 44.0 Å². The Kier molecular flexibility index (Phi) is 6.83. The minimum atomic E-state index is -0.959. The number of halogens is 2. The lowest BCUT2D eigenvalue weighted by Gasteiger charge is -2.28. The van der Waals surface area contributed by atoms with Crippen LogP contribution in [0.1, 0.15) is 56.7 Å². The Bertz CT molecular complexity index is 1030. The molecule has 0 saturated heterocycles. The fourth-order valence-electron chi connectivity index (χ4n) is 4.14. The molecular formula is C24H32F2N4O2. The van der Waals surface area contributed by atoms with Crippen molar-refractivity contribution in [1.82, 2.24) is 19.8 Å². The molecule has 2 heterocycles. The Hall–Kier alpha value is -2.61. The second-order valence-corrected chi connectivity index (χ2v) is 9.72. The van der Waals surface area contributed by atoms with E-state index < -0.39 is 23.0 Å². The zero-order valence-electron chi connectivity index (χ0n) is 19.6. The number of fused-ring (bicyclic) bond motifs is 1. The highest BCUT2D eigenvalue weighted by Gasteiger charge is 2.35. The molecule has 1 aliphatic rings. The Morgan fingerprint density at radius 3 is 2.53 bits per heavy atom. The van der Waals surface area contributed by atoms with Gasteiger partial charge in [0.2, 0.25) is 5.91 Å². The van der Waals surface area contributed by atoms with E-state index in [4.69, 9.17) is 0 Å². The molecule has 32 heavy (non-hydrogen) atoms. The van der Waals surface area contributed by atoms with Crippen molar-refractivity contribution in [3.8, 4) is 11.4 Å². The van der Waals surface area contributed by atoms with Gasteiger partial charge in [0.1, 0.15) is 11.5 Å². The normalized spacial score (nSPS) is 18.1. The largest absolute Gasteiger partial charge is 0.359 e. The van der Waals surface area contributed by atoms with Crippen molar-refractivity contribution in [3.05, 3.63) is 41.2 Å². The minimum absolute atomic E-state index is 0.0175. The van der Waals surface area contributed by atoms with Crippen LogP contribution in [0.2, 0.25) is 0 Å². The van der Waals surface area contributed by atoms with Crippen LogP contribution < -0.4 is 5.32 Å². The summed E-state index contributed by atoms with van der Waals surface area (Å²) in [5, 5.41) is 2.65. The maximum Gasteiger partial charge on any atom is 0.223 e. The molecule has 8 heteroatoms. The molecule has 1 aromatic heterocycles. The number of carbonyl (C=O) groups excluding carboxylic acids is 2. The van der Waals surface area contributed by atoms with E-state index in [1.807, 2.05) is 32.4 Å². The maximum atomic E-state index is 14.0. The molecule has 0 fully saturated rings. The van der Waals surface area contributed by atoms with Crippen LogP contribution in [0, 0.1) is 23.0 Å². The third-order valence-electron chi connectivity index (χ3n) is 6.43. The first-order valence-corrected chi connectivity index (χ1v) is 10.9. The first kappa shape index (κ1) is 24.0. The fraction of sp³-hybridized carbons (Fsp3) is 0.542. The second kappa shape index (κ2) is 9.10. The molecule has 1 aromatic carbocycles. The van der Waals surface area contributed by atoms with Crippen molar-refractivity contribution >= 4 is 11.7 Å². The molecule has 174 valence electrons. The van der Waals surface area contributed by atoms with Crippen molar-refractivity contribution in [1.29, 1.82) is 0 Å². The number of nitrogens with one attached hydrogen (secondary N) is 1. The van der Waals surface area contributed by atoms with Crippen LogP contribution in [0.3, 0.4) is 0 Å². The molecule has 1 aliphatic heterocycles. The van der Waals surface area contributed by atoms with Gasteiger partial charge >= 0.3 is 0 Å². The van der Waals surface area contributed by atoms with Gasteiger partial charge in [0.15, 0.2) is 17.4 Å². The van der Waals surface area contributed by atoms with E-state index >= 15 is 0 Å². The summed E-state index contributed by atoms with van der Waals surface area (Å²) in [4.78, 5) is 32.7. The standard InChI is InChI=1S/C24H32F2N4O2/c1-14-9-10-30-19(13-29(14)6)21(20(31)12-16(23(32)27-5)24(2,3)4)28-22(30)15-7-8-17(25)18(26)11-15/h7-8,11,14,16H,9-10,12-13H2,1-6H3,(H,27,32)/t14?,16-/m1/s1. The first-order valence-electron chi connectivity index (χ1n) is 10.9. The summed E-state index contributed by atoms with van der Waals surface area (Å²) in [5.74, 6) is -2.39. The molecular weight excluding hydrogens is 414 g/mol. The number of carbonyl (C=O) groups is 2. The summed E-state index contributed by atoms with van der Waals surface area (Å²) in [6.07, 6.45) is 0.844. The number of Topliss-reactive ketones (excluding diaryl/α,β-unsaturated/α-hetero) is 1. The van der Waals surface area contributed by atoms with Crippen LogP contribution in [0.4, 0.5) is 8.78 Å². The van der Waals surface area contributed by atoms with E-state index in [1.54, 1.807) is 7.05 Å². The predicted octanol–water partition coefficient (Wildman–Crippen LogP) is 4.03. The van der Waals surface area contributed by atoms with Gasteiger partial charge in [-0.25, -0.2) is 13.8 Å².